The van der Waals surface area contributed by atoms with E-state index in [-0.39, 0.29) is 13.2 Å². The summed E-state index contributed by atoms with van der Waals surface area (Å²) in [7, 11) is -0.865. The minimum Gasteiger partial charge on any atom is -0.382 e. The zero-order chi connectivity index (χ0) is 13.9. The molecular weight excluding hydrogens is 264 g/mol. The highest BCUT2D eigenvalue weighted by atomic mass is 32.3. The molecule has 0 saturated carbocycles. The van der Waals surface area contributed by atoms with E-state index in [4.69, 9.17) is 9.29 Å². The van der Waals surface area contributed by atoms with Crippen molar-refractivity contribution in [2.45, 2.75) is 0 Å². The summed E-state index contributed by atoms with van der Waals surface area (Å²) in [6.45, 7) is 0.711. The highest BCUT2D eigenvalue weighted by Gasteiger charge is 2.02. The van der Waals surface area contributed by atoms with Crippen molar-refractivity contribution in [1.29, 1.82) is 0 Å². The van der Waals surface area contributed by atoms with Gasteiger partial charge in [-0.15, -0.1) is 0 Å². The van der Waals surface area contributed by atoms with E-state index in [1.165, 1.54) is 7.11 Å². The maximum atomic E-state index is 9.97. The maximum Gasteiger partial charge on any atom is 0.397 e. The molecule has 0 aliphatic rings. The predicted octanol–water partition coefficient (Wildman–Crippen LogP) is -0.111. The molecule has 106 valence electrons. The maximum absolute atomic E-state index is 9.97. The lowest BCUT2D eigenvalue weighted by molar-refractivity contribution is 0.0534. The molecule has 1 heterocycles. The lowest BCUT2D eigenvalue weighted by Crippen LogP contribution is -2.11. The lowest BCUT2D eigenvalue weighted by Gasteiger charge is -2.01. The molecule has 0 saturated heterocycles. The number of aryl methyl sites for hydroxylation is 1. The van der Waals surface area contributed by atoms with Gasteiger partial charge < -0.3 is 14.0 Å². The highest BCUT2D eigenvalue weighted by molar-refractivity contribution is 7.80. The third-order valence-electron chi connectivity index (χ3n) is 1.53. The van der Waals surface area contributed by atoms with E-state index in [9.17, 15) is 8.42 Å². The van der Waals surface area contributed by atoms with Gasteiger partial charge >= 0.3 is 10.4 Å². The molecule has 0 atom stereocenters. The Morgan fingerprint density at radius 3 is 2.33 bits per heavy atom. The summed E-state index contributed by atoms with van der Waals surface area (Å²) in [4.78, 5) is 3.78. The van der Waals surface area contributed by atoms with Crippen LogP contribution in [0, 0.1) is 0 Å². The van der Waals surface area contributed by atoms with Crippen molar-refractivity contribution in [2.24, 2.45) is 7.05 Å². The van der Waals surface area contributed by atoms with Crippen molar-refractivity contribution >= 4 is 10.4 Å². The average Bonchev–Trinajstić information content (AvgIpc) is 2.74. The van der Waals surface area contributed by atoms with E-state index in [0.717, 1.165) is 0 Å². The van der Waals surface area contributed by atoms with E-state index >= 15 is 0 Å². The van der Waals surface area contributed by atoms with Crippen molar-refractivity contribution in [2.75, 3.05) is 33.5 Å². The van der Waals surface area contributed by atoms with Crippen LogP contribution in [0.2, 0.25) is 0 Å². The fourth-order valence-electron chi connectivity index (χ4n) is 0.768. The van der Waals surface area contributed by atoms with Gasteiger partial charge in [0.1, 0.15) is 0 Å². The minimum absolute atomic E-state index is 0.100. The zero-order valence-electron chi connectivity index (χ0n) is 10.4. The summed E-state index contributed by atoms with van der Waals surface area (Å²) in [5.41, 5.74) is 0. The van der Waals surface area contributed by atoms with Gasteiger partial charge in [0, 0.05) is 26.6 Å². The summed E-state index contributed by atoms with van der Waals surface area (Å²) in [5, 5.41) is 0. The molecule has 0 fully saturated rings. The molecule has 0 radical (unpaired) electrons. The second-order valence-electron chi connectivity index (χ2n) is 3.08. The van der Waals surface area contributed by atoms with Crippen LogP contribution >= 0.6 is 0 Å². The van der Waals surface area contributed by atoms with Crippen molar-refractivity contribution in [3.63, 3.8) is 0 Å². The van der Waals surface area contributed by atoms with Crippen molar-refractivity contribution < 1.29 is 26.6 Å². The predicted molar refractivity (Wildman–Crippen MR) is 63.4 cm³/mol. The number of hydrogen-bond acceptors (Lipinski definition) is 6. The van der Waals surface area contributed by atoms with Crippen LogP contribution in [-0.4, -0.2) is 56.1 Å². The Morgan fingerprint density at radius 1 is 1.28 bits per heavy atom. The number of ether oxygens (including phenoxy) is 2. The molecular formula is C9H18N2O6S. The van der Waals surface area contributed by atoms with E-state index in [1.54, 1.807) is 12.5 Å². The molecule has 0 spiro atoms. The van der Waals surface area contributed by atoms with Crippen molar-refractivity contribution in [1.82, 2.24) is 9.55 Å². The Bertz CT molecular complexity index is 378. The van der Waals surface area contributed by atoms with Gasteiger partial charge in [-0.25, -0.2) is 9.17 Å². The third-order valence-corrected chi connectivity index (χ3v) is 1.99. The number of nitrogens with zero attached hydrogens (tertiary/aromatic N) is 2. The zero-order valence-corrected chi connectivity index (χ0v) is 11.2. The van der Waals surface area contributed by atoms with Crippen LogP contribution in [0.1, 0.15) is 0 Å². The van der Waals surface area contributed by atoms with Crippen LogP contribution in [0.3, 0.4) is 0 Å². The smallest absolute Gasteiger partial charge is 0.382 e. The largest absolute Gasteiger partial charge is 0.397 e. The van der Waals surface area contributed by atoms with Crippen LogP contribution < -0.4 is 0 Å². The normalized spacial score (nSPS) is 10.8. The summed E-state index contributed by atoms with van der Waals surface area (Å²) in [6.07, 6.45) is 5.39. The Hall–Kier alpha value is -1.00. The van der Waals surface area contributed by atoms with Gasteiger partial charge in [0.15, 0.2) is 0 Å². The van der Waals surface area contributed by atoms with Crippen LogP contribution in [0.4, 0.5) is 0 Å². The van der Waals surface area contributed by atoms with Crippen molar-refractivity contribution in [3.8, 4) is 0 Å². The van der Waals surface area contributed by atoms with E-state index in [2.05, 4.69) is 13.9 Å². The molecule has 1 aromatic rings. The molecule has 0 amide bonds. The van der Waals surface area contributed by atoms with Crippen LogP contribution in [0.5, 0.6) is 0 Å². The summed E-state index contributed by atoms with van der Waals surface area (Å²) in [5.74, 6) is 0. The molecule has 8 nitrogen and oxygen atoms in total. The first-order valence-corrected chi connectivity index (χ1v) is 6.42. The SMILES string of the molecule is COCCOCCOS(=O)(=O)O.Cn1ccnc1. The first-order chi connectivity index (χ1) is 8.45. The van der Waals surface area contributed by atoms with Crippen molar-refractivity contribution in [3.05, 3.63) is 18.7 Å². The molecule has 1 aromatic heterocycles. The monoisotopic (exact) mass is 282 g/mol. The number of imidazole rings is 1. The topological polar surface area (TPSA) is 99.9 Å². The molecule has 1 rings (SSSR count). The molecule has 0 aromatic carbocycles. The molecule has 0 aliphatic carbocycles. The second-order valence-corrected chi connectivity index (χ2v) is 4.17. The molecule has 1 N–H and O–H groups in total. The Labute approximate surface area is 106 Å². The third kappa shape index (κ3) is 13.1. The van der Waals surface area contributed by atoms with Gasteiger partial charge in [0.05, 0.1) is 32.8 Å². The average molecular weight is 282 g/mol. The Morgan fingerprint density at radius 2 is 1.94 bits per heavy atom. The lowest BCUT2D eigenvalue weighted by atomic mass is 10.7. The van der Waals surface area contributed by atoms with E-state index in [0.29, 0.717) is 13.2 Å². The molecule has 0 bridgehead atoms. The summed E-state index contributed by atoms with van der Waals surface area (Å²) in [6, 6.07) is 0. The number of rotatable bonds is 7. The van der Waals surface area contributed by atoms with Gasteiger partial charge in [-0.3, -0.25) is 4.55 Å². The summed E-state index contributed by atoms with van der Waals surface area (Å²) >= 11 is 0. The number of aromatic nitrogens is 2. The highest BCUT2D eigenvalue weighted by Crippen LogP contribution is 1.85. The molecule has 9 heteroatoms. The van der Waals surface area contributed by atoms with E-state index in [1.807, 2.05) is 17.8 Å². The van der Waals surface area contributed by atoms with Crippen LogP contribution in [0.25, 0.3) is 0 Å². The standard InChI is InChI=1S/C5H12O6S.C4H6N2/c1-9-2-3-10-4-5-11-12(6,7)8;1-6-3-2-5-4-6/h2-5H2,1H3,(H,6,7,8);2-4H,1H3. The molecule has 0 aliphatic heterocycles. The number of hydrogen-bond donors (Lipinski definition) is 1. The molecule has 0 unspecified atom stereocenters. The van der Waals surface area contributed by atoms with Crippen LogP contribution in [-0.2, 0) is 31.1 Å². The van der Waals surface area contributed by atoms with Gasteiger partial charge in [-0.2, -0.15) is 8.42 Å². The molecule has 18 heavy (non-hydrogen) atoms. The van der Waals surface area contributed by atoms with Gasteiger partial charge in [0.2, 0.25) is 0 Å². The fraction of sp³-hybridized carbons (Fsp3) is 0.667. The van der Waals surface area contributed by atoms with E-state index < -0.39 is 10.4 Å². The van der Waals surface area contributed by atoms with Gasteiger partial charge in [0.25, 0.3) is 0 Å². The Kier molecular flexibility index (Phi) is 9.42. The second kappa shape index (κ2) is 9.97. The summed E-state index contributed by atoms with van der Waals surface area (Å²) < 4.78 is 43.4. The van der Waals surface area contributed by atoms with Crippen LogP contribution in [0.15, 0.2) is 18.7 Å². The quantitative estimate of drug-likeness (QED) is 0.550. The Balaban J connectivity index is 0.000000397. The first-order valence-electron chi connectivity index (χ1n) is 5.06. The minimum atomic E-state index is -4.33. The van der Waals surface area contributed by atoms with Gasteiger partial charge in [-0.1, -0.05) is 0 Å². The fourth-order valence-corrected chi connectivity index (χ4v) is 1.05. The number of methoxy groups -OCH3 is 1. The first kappa shape index (κ1) is 17.0. The van der Waals surface area contributed by atoms with Gasteiger partial charge in [-0.05, 0) is 0 Å².